The summed E-state index contributed by atoms with van der Waals surface area (Å²) >= 11 is 3.43. The summed E-state index contributed by atoms with van der Waals surface area (Å²) in [5.41, 5.74) is 7.71. The first-order chi connectivity index (χ1) is 10.6. The van der Waals surface area contributed by atoms with Crippen molar-refractivity contribution in [3.05, 3.63) is 52.5 Å². The van der Waals surface area contributed by atoms with Gasteiger partial charge in [-0.25, -0.2) is 4.99 Å². The molecule has 0 aliphatic carbocycles. The molecule has 7 heteroatoms. The molecule has 0 aliphatic heterocycles. The Morgan fingerprint density at radius 1 is 1.17 bits per heavy atom. The maximum absolute atomic E-state index is 5.94. The summed E-state index contributed by atoms with van der Waals surface area (Å²) < 4.78 is 11.5. The van der Waals surface area contributed by atoms with Gasteiger partial charge in [0.2, 0.25) is 0 Å². The SMILES string of the molecule is COc1ccc(OC)c(NC(N)=NCc2cccc(Br)c2)c1.I. The smallest absolute Gasteiger partial charge is 0.193 e. The molecular weight excluding hydrogens is 473 g/mol. The summed E-state index contributed by atoms with van der Waals surface area (Å²) in [6.07, 6.45) is 0. The molecule has 23 heavy (non-hydrogen) atoms. The molecule has 2 rings (SSSR count). The van der Waals surface area contributed by atoms with Gasteiger partial charge in [0.05, 0.1) is 26.5 Å². The quantitative estimate of drug-likeness (QED) is 0.376. The van der Waals surface area contributed by atoms with E-state index in [1.54, 1.807) is 20.3 Å². The second kappa shape index (κ2) is 9.61. The molecule has 0 aromatic heterocycles. The van der Waals surface area contributed by atoms with Crippen LogP contribution in [0.3, 0.4) is 0 Å². The molecular formula is C16H19BrIN3O2. The van der Waals surface area contributed by atoms with E-state index in [2.05, 4.69) is 26.2 Å². The van der Waals surface area contributed by atoms with E-state index in [4.69, 9.17) is 15.2 Å². The first-order valence-electron chi connectivity index (χ1n) is 6.66. The van der Waals surface area contributed by atoms with Crippen molar-refractivity contribution in [3.8, 4) is 11.5 Å². The zero-order valence-corrected chi connectivity index (χ0v) is 16.8. The third kappa shape index (κ3) is 5.91. The predicted molar refractivity (Wildman–Crippen MR) is 108 cm³/mol. The fraction of sp³-hybridized carbons (Fsp3) is 0.188. The van der Waals surface area contributed by atoms with E-state index in [0.29, 0.717) is 29.7 Å². The molecule has 0 fully saturated rings. The van der Waals surface area contributed by atoms with Gasteiger partial charge in [0, 0.05) is 10.5 Å². The van der Waals surface area contributed by atoms with Gasteiger partial charge in [-0.1, -0.05) is 28.1 Å². The number of halogens is 2. The van der Waals surface area contributed by atoms with Gasteiger partial charge in [-0.2, -0.15) is 0 Å². The largest absolute Gasteiger partial charge is 0.497 e. The average Bonchev–Trinajstić information content (AvgIpc) is 2.53. The van der Waals surface area contributed by atoms with E-state index in [1.807, 2.05) is 36.4 Å². The number of anilines is 1. The van der Waals surface area contributed by atoms with Crippen LogP contribution in [0.15, 0.2) is 51.9 Å². The highest BCUT2D eigenvalue weighted by atomic mass is 127. The molecule has 0 saturated carbocycles. The minimum Gasteiger partial charge on any atom is -0.497 e. The second-order valence-electron chi connectivity index (χ2n) is 4.52. The van der Waals surface area contributed by atoms with Crippen LogP contribution in [-0.2, 0) is 6.54 Å². The van der Waals surface area contributed by atoms with E-state index in [0.717, 1.165) is 10.0 Å². The highest BCUT2D eigenvalue weighted by Gasteiger charge is 2.06. The average molecular weight is 492 g/mol. The number of hydrogen-bond donors (Lipinski definition) is 2. The highest BCUT2D eigenvalue weighted by molar-refractivity contribution is 14.0. The third-order valence-electron chi connectivity index (χ3n) is 2.99. The maximum atomic E-state index is 5.94. The van der Waals surface area contributed by atoms with Crippen LogP contribution in [0.5, 0.6) is 11.5 Å². The van der Waals surface area contributed by atoms with E-state index in [1.165, 1.54) is 0 Å². The van der Waals surface area contributed by atoms with Crippen LogP contribution in [0.2, 0.25) is 0 Å². The van der Waals surface area contributed by atoms with Crippen molar-refractivity contribution in [3.63, 3.8) is 0 Å². The molecule has 0 spiro atoms. The van der Waals surface area contributed by atoms with Crippen molar-refractivity contribution < 1.29 is 9.47 Å². The Morgan fingerprint density at radius 2 is 1.96 bits per heavy atom. The van der Waals surface area contributed by atoms with Gasteiger partial charge in [0.25, 0.3) is 0 Å². The van der Waals surface area contributed by atoms with E-state index in [9.17, 15) is 0 Å². The van der Waals surface area contributed by atoms with Crippen molar-refractivity contribution in [1.82, 2.24) is 0 Å². The van der Waals surface area contributed by atoms with Crippen molar-refractivity contribution >= 4 is 51.6 Å². The maximum Gasteiger partial charge on any atom is 0.193 e. The summed E-state index contributed by atoms with van der Waals surface area (Å²) in [6.45, 7) is 0.491. The zero-order valence-electron chi connectivity index (χ0n) is 12.9. The number of benzene rings is 2. The van der Waals surface area contributed by atoms with Gasteiger partial charge < -0.3 is 20.5 Å². The lowest BCUT2D eigenvalue weighted by Gasteiger charge is -2.12. The third-order valence-corrected chi connectivity index (χ3v) is 3.48. The Hall–Kier alpha value is -1.48. The molecule has 2 aromatic rings. The molecule has 0 aliphatic rings. The van der Waals surface area contributed by atoms with Crippen LogP contribution in [0.1, 0.15) is 5.56 Å². The lowest BCUT2D eigenvalue weighted by molar-refractivity contribution is 0.405. The minimum atomic E-state index is 0. The number of nitrogens with one attached hydrogen (secondary N) is 1. The summed E-state index contributed by atoms with van der Waals surface area (Å²) in [6, 6.07) is 13.4. The van der Waals surface area contributed by atoms with Crippen molar-refractivity contribution in [2.75, 3.05) is 19.5 Å². The van der Waals surface area contributed by atoms with Crippen LogP contribution in [-0.4, -0.2) is 20.2 Å². The summed E-state index contributed by atoms with van der Waals surface area (Å²) in [5.74, 6) is 1.69. The number of methoxy groups -OCH3 is 2. The number of hydrogen-bond acceptors (Lipinski definition) is 3. The van der Waals surface area contributed by atoms with E-state index in [-0.39, 0.29) is 24.0 Å². The number of ether oxygens (including phenoxy) is 2. The molecule has 124 valence electrons. The minimum absolute atomic E-state index is 0. The fourth-order valence-corrected chi connectivity index (χ4v) is 2.35. The molecule has 5 nitrogen and oxygen atoms in total. The molecule has 0 atom stereocenters. The van der Waals surface area contributed by atoms with Gasteiger partial charge in [-0.3, -0.25) is 0 Å². The summed E-state index contributed by atoms with van der Waals surface area (Å²) in [7, 11) is 3.21. The van der Waals surface area contributed by atoms with Gasteiger partial charge in [0.1, 0.15) is 11.5 Å². The number of guanidine groups is 1. The number of rotatable bonds is 5. The lowest BCUT2D eigenvalue weighted by atomic mass is 10.2. The Balaban J connectivity index is 0.00000264. The summed E-state index contributed by atoms with van der Waals surface area (Å²) in [5, 5.41) is 3.03. The summed E-state index contributed by atoms with van der Waals surface area (Å²) in [4.78, 5) is 4.33. The van der Waals surface area contributed by atoms with Gasteiger partial charge in [0.15, 0.2) is 5.96 Å². The van der Waals surface area contributed by atoms with Gasteiger partial charge in [-0.05, 0) is 29.8 Å². The number of nitrogens with two attached hydrogens (primary N) is 1. The Kier molecular flexibility index (Phi) is 8.18. The first kappa shape index (κ1) is 19.6. The molecule has 0 unspecified atom stereocenters. The van der Waals surface area contributed by atoms with Crippen LogP contribution < -0.4 is 20.5 Å². The molecule has 0 saturated heterocycles. The van der Waals surface area contributed by atoms with Gasteiger partial charge in [-0.15, -0.1) is 24.0 Å². The predicted octanol–water partition coefficient (Wildman–Crippen LogP) is 4.01. The number of aliphatic imine (C=N–C) groups is 1. The highest BCUT2D eigenvalue weighted by Crippen LogP contribution is 2.28. The van der Waals surface area contributed by atoms with Gasteiger partial charge >= 0.3 is 0 Å². The zero-order chi connectivity index (χ0) is 15.9. The molecule has 0 radical (unpaired) electrons. The second-order valence-corrected chi connectivity index (χ2v) is 5.44. The van der Waals surface area contributed by atoms with Crippen LogP contribution in [0, 0.1) is 0 Å². The lowest BCUT2D eigenvalue weighted by Crippen LogP contribution is -2.23. The van der Waals surface area contributed by atoms with Crippen molar-refractivity contribution in [2.24, 2.45) is 10.7 Å². The van der Waals surface area contributed by atoms with Crippen LogP contribution >= 0.6 is 39.9 Å². The molecule has 0 amide bonds. The fourth-order valence-electron chi connectivity index (χ4n) is 1.90. The van der Waals surface area contributed by atoms with Crippen LogP contribution in [0.4, 0.5) is 5.69 Å². The topological polar surface area (TPSA) is 68.9 Å². The Bertz CT molecular complexity index is 680. The Morgan fingerprint density at radius 3 is 2.61 bits per heavy atom. The molecule has 2 aromatic carbocycles. The number of nitrogens with zero attached hydrogens (tertiary/aromatic N) is 1. The molecule has 0 heterocycles. The molecule has 3 N–H and O–H groups in total. The standard InChI is InChI=1S/C16H18BrN3O2.HI/c1-21-13-6-7-15(22-2)14(9-13)20-16(18)19-10-11-4-3-5-12(17)8-11;/h3-9H,10H2,1-2H3,(H3,18,19,20);1H. The molecule has 0 bridgehead atoms. The van der Waals surface area contributed by atoms with E-state index < -0.39 is 0 Å². The van der Waals surface area contributed by atoms with Crippen molar-refractivity contribution in [2.45, 2.75) is 6.54 Å². The Labute approximate surface area is 161 Å². The van der Waals surface area contributed by atoms with Crippen LogP contribution in [0.25, 0.3) is 0 Å². The normalized spacial score (nSPS) is 10.7. The monoisotopic (exact) mass is 491 g/mol. The first-order valence-corrected chi connectivity index (χ1v) is 7.45. The van der Waals surface area contributed by atoms with Crippen molar-refractivity contribution in [1.29, 1.82) is 0 Å². The van der Waals surface area contributed by atoms with E-state index >= 15 is 0 Å².